The number of alkyl halides is 3. The minimum Gasteiger partial charge on any atom is -0.165 e. The Bertz CT molecular complexity index is 472. The molecule has 14 heavy (non-hydrogen) atoms. The monoisotopic (exact) mass is 236 g/mol. The normalized spacial score (nSPS) is 12.3. The molecule has 0 atom stereocenters. The predicted octanol–water partition coefficient (Wildman–Crippen LogP) is 4.57. The molecule has 0 saturated heterocycles. The Morgan fingerprint density at radius 2 is 1.93 bits per heavy atom. The van der Waals surface area contributed by atoms with Gasteiger partial charge in [-0.3, -0.25) is 0 Å². The SMILES string of the molecule is FC(F)(F)c1cc2cccc(Cl)c2s1. The third-order valence-electron chi connectivity index (χ3n) is 1.78. The molecule has 1 aromatic heterocycles. The first-order chi connectivity index (χ1) is 6.48. The summed E-state index contributed by atoms with van der Waals surface area (Å²) in [6.07, 6.45) is -4.28. The van der Waals surface area contributed by atoms with Crippen LogP contribution in [0.4, 0.5) is 13.2 Å². The predicted molar refractivity (Wildman–Crippen MR) is 51.8 cm³/mol. The van der Waals surface area contributed by atoms with Crippen LogP contribution in [-0.2, 0) is 6.18 Å². The Morgan fingerprint density at radius 3 is 2.50 bits per heavy atom. The second kappa shape index (κ2) is 3.14. The van der Waals surface area contributed by atoms with Crippen LogP contribution < -0.4 is 0 Å². The molecule has 0 spiro atoms. The minimum atomic E-state index is -4.28. The first-order valence-corrected chi connectivity index (χ1v) is 4.93. The highest BCUT2D eigenvalue weighted by molar-refractivity contribution is 7.19. The lowest BCUT2D eigenvalue weighted by atomic mass is 10.2. The van der Waals surface area contributed by atoms with E-state index in [-0.39, 0.29) is 0 Å². The first kappa shape index (κ1) is 9.80. The summed E-state index contributed by atoms with van der Waals surface area (Å²) in [5.41, 5.74) is 0. The number of hydrogen-bond donors (Lipinski definition) is 0. The Labute approximate surface area is 86.9 Å². The second-order valence-corrected chi connectivity index (χ2v) is 4.23. The highest BCUT2D eigenvalue weighted by Crippen LogP contribution is 2.40. The summed E-state index contributed by atoms with van der Waals surface area (Å²) >= 11 is 6.44. The van der Waals surface area contributed by atoms with Gasteiger partial charge in [0.15, 0.2) is 0 Å². The van der Waals surface area contributed by atoms with Gasteiger partial charge in [-0.1, -0.05) is 23.7 Å². The number of halogens is 4. The van der Waals surface area contributed by atoms with Crippen LogP contribution in [0.5, 0.6) is 0 Å². The number of hydrogen-bond acceptors (Lipinski definition) is 1. The summed E-state index contributed by atoms with van der Waals surface area (Å²) < 4.78 is 37.5. The van der Waals surface area contributed by atoms with Crippen LogP contribution in [0.3, 0.4) is 0 Å². The van der Waals surface area contributed by atoms with E-state index in [1.807, 2.05) is 0 Å². The van der Waals surface area contributed by atoms with Gasteiger partial charge in [-0.05, 0) is 17.5 Å². The number of fused-ring (bicyclic) bond motifs is 1. The van der Waals surface area contributed by atoms with Crippen molar-refractivity contribution in [1.82, 2.24) is 0 Å². The second-order valence-electron chi connectivity index (χ2n) is 2.77. The van der Waals surface area contributed by atoms with E-state index in [9.17, 15) is 13.2 Å². The van der Waals surface area contributed by atoms with Crippen molar-refractivity contribution in [1.29, 1.82) is 0 Å². The molecule has 2 rings (SSSR count). The summed E-state index contributed by atoms with van der Waals surface area (Å²) in [6, 6.07) is 5.96. The van der Waals surface area contributed by atoms with Crippen LogP contribution in [-0.4, -0.2) is 0 Å². The number of thiophene rings is 1. The Hall–Kier alpha value is -0.740. The molecule has 0 aliphatic carbocycles. The van der Waals surface area contributed by atoms with Crippen molar-refractivity contribution in [3.8, 4) is 0 Å². The quantitative estimate of drug-likeness (QED) is 0.628. The zero-order valence-electron chi connectivity index (χ0n) is 6.73. The lowest BCUT2D eigenvalue weighted by Crippen LogP contribution is -2.00. The van der Waals surface area contributed by atoms with Gasteiger partial charge in [0.25, 0.3) is 0 Å². The molecule has 0 N–H and O–H groups in total. The van der Waals surface area contributed by atoms with Crippen molar-refractivity contribution < 1.29 is 13.2 Å². The molecule has 0 radical (unpaired) electrons. The molecule has 0 nitrogen and oxygen atoms in total. The summed E-state index contributed by atoms with van der Waals surface area (Å²) in [6.45, 7) is 0. The molecule has 0 aliphatic rings. The smallest absolute Gasteiger partial charge is 0.165 e. The molecule has 0 aliphatic heterocycles. The van der Waals surface area contributed by atoms with Crippen molar-refractivity contribution in [3.05, 3.63) is 34.2 Å². The zero-order chi connectivity index (χ0) is 10.3. The Balaban J connectivity index is 2.69. The van der Waals surface area contributed by atoms with Gasteiger partial charge in [-0.2, -0.15) is 13.2 Å². The van der Waals surface area contributed by atoms with Crippen molar-refractivity contribution in [3.63, 3.8) is 0 Å². The van der Waals surface area contributed by atoms with Crippen molar-refractivity contribution in [2.45, 2.75) is 6.18 Å². The van der Waals surface area contributed by atoms with E-state index in [4.69, 9.17) is 11.6 Å². The molecule has 0 fully saturated rings. The van der Waals surface area contributed by atoms with Crippen LogP contribution in [0, 0.1) is 0 Å². The van der Waals surface area contributed by atoms with E-state index >= 15 is 0 Å². The van der Waals surface area contributed by atoms with Gasteiger partial charge in [-0.15, -0.1) is 11.3 Å². The third-order valence-corrected chi connectivity index (χ3v) is 3.43. The third kappa shape index (κ3) is 1.60. The largest absolute Gasteiger partial charge is 0.425 e. The topological polar surface area (TPSA) is 0 Å². The van der Waals surface area contributed by atoms with Gasteiger partial charge in [0, 0.05) is 0 Å². The molecule has 1 heterocycles. The highest BCUT2D eigenvalue weighted by Gasteiger charge is 2.32. The maximum Gasteiger partial charge on any atom is 0.425 e. The first-order valence-electron chi connectivity index (χ1n) is 3.74. The fourth-order valence-corrected chi connectivity index (χ4v) is 2.40. The van der Waals surface area contributed by atoms with E-state index in [1.165, 1.54) is 0 Å². The standard InChI is InChI=1S/C9H4ClF3S/c10-6-3-1-2-5-4-7(9(11,12)13)14-8(5)6/h1-4H. The van der Waals surface area contributed by atoms with E-state index in [0.29, 0.717) is 26.4 Å². The van der Waals surface area contributed by atoms with Crippen molar-refractivity contribution in [2.75, 3.05) is 0 Å². The average Bonchev–Trinajstić information content (AvgIpc) is 2.48. The molecular formula is C9H4ClF3S. The van der Waals surface area contributed by atoms with Crippen LogP contribution in [0.2, 0.25) is 5.02 Å². The van der Waals surface area contributed by atoms with Gasteiger partial charge in [0.2, 0.25) is 0 Å². The highest BCUT2D eigenvalue weighted by atomic mass is 35.5. The van der Waals surface area contributed by atoms with Crippen LogP contribution in [0.15, 0.2) is 24.3 Å². The Morgan fingerprint density at radius 1 is 1.21 bits per heavy atom. The molecule has 5 heteroatoms. The van der Waals surface area contributed by atoms with Gasteiger partial charge in [0.1, 0.15) is 4.88 Å². The van der Waals surface area contributed by atoms with Gasteiger partial charge in [0.05, 0.1) is 9.72 Å². The molecule has 0 amide bonds. The zero-order valence-corrected chi connectivity index (χ0v) is 8.30. The van der Waals surface area contributed by atoms with Crippen LogP contribution in [0.1, 0.15) is 4.88 Å². The van der Waals surface area contributed by atoms with Crippen molar-refractivity contribution >= 4 is 33.0 Å². The molecule has 0 saturated carbocycles. The summed E-state index contributed by atoms with van der Waals surface area (Å²) in [5.74, 6) is 0. The molecule has 0 unspecified atom stereocenters. The van der Waals surface area contributed by atoms with Gasteiger partial charge >= 0.3 is 6.18 Å². The minimum absolute atomic E-state index is 0.364. The summed E-state index contributed by atoms with van der Waals surface area (Å²) in [4.78, 5) is -0.611. The summed E-state index contributed by atoms with van der Waals surface area (Å²) in [7, 11) is 0. The van der Waals surface area contributed by atoms with E-state index in [0.717, 1.165) is 6.07 Å². The maximum atomic E-state index is 12.3. The molecule has 2 aromatic rings. The fraction of sp³-hybridized carbons (Fsp3) is 0.111. The Kier molecular flexibility index (Phi) is 2.20. The van der Waals surface area contributed by atoms with E-state index < -0.39 is 11.1 Å². The number of rotatable bonds is 0. The van der Waals surface area contributed by atoms with Crippen LogP contribution >= 0.6 is 22.9 Å². The van der Waals surface area contributed by atoms with Gasteiger partial charge in [-0.25, -0.2) is 0 Å². The average molecular weight is 237 g/mol. The molecule has 74 valence electrons. The molecule has 1 aromatic carbocycles. The fourth-order valence-electron chi connectivity index (χ4n) is 1.17. The van der Waals surface area contributed by atoms with Crippen molar-refractivity contribution in [2.24, 2.45) is 0 Å². The number of benzene rings is 1. The van der Waals surface area contributed by atoms with Gasteiger partial charge < -0.3 is 0 Å². The lowest BCUT2D eigenvalue weighted by Gasteiger charge is -1.99. The van der Waals surface area contributed by atoms with E-state index in [2.05, 4.69) is 0 Å². The van der Waals surface area contributed by atoms with Crippen LogP contribution in [0.25, 0.3) is 10.1 Å². The molecular weight excluding hydrogens is 233 g/mol. The maximum absolute atomic E-state index is 12.3. The summed E-state index contributed by atoms with van der Waals surface area (Å²) in [5, 5.41) is 0.901. The lowest BCUT2D eigenvalue weighted by molar-refractivity contribution is -0.134. The van der Waals surface area contributed by atoms with E-state index in [1.54, 1.807) is 18.2 Å². The molecule has 0 bridgehead atoms.